The lowest BCUT2D eigenvalue weighted by Crippen LogP contribution is -2.28. The summed E-state index contributed by atoms with van der Waals surface area (Å²) < 4.78 is 12.0. The zero-order valence-electron chi connectivity index (χ0n) is 19.6. The van der Waals surface area contributed by atoms with Gasteiger partial charge in [0.1, 0.15) is 5.75 Å². The number of hydrogen-bond donors (Lipinski definition) is 2. The fourth-order valence-electron chi connectivity index (χ4n) is 4.78. The molecule has 0 bridgehead atoms. The van der Waals surface area contributed by atoms with E-state index in [0.717, 1.165) is 39.6 Å². The van der Waals surface area contributed by atoms with Gasteiger partial charge in [0.05, 0.1) is 17.7 Å². The fraction of sp³-hybridized carbons (Fsp3) is 0.296. The Kier molecular flexibility index (Phi) is 5.17. The number of aliphatic carboxylic acids is 1. The molecule has 3 heterocycles. The molecule has 0 aliphatic carbocycles. The number of aryl methyl sites for hydroxylation is 1. The Morgan fingerprint density at radius 3 is 2.74 bits per heavy atom. The van der Waals surface area contributed by atoms with Crippen molar-refractivity contribution in [1.82, 2.24) is 9.97 Å². The molecule has 5 rings (SSSR count). The third kappa shape index (κ3) is 3.72. The van der Waals surface area contributed by atoms with Crippen LogP contribution in [0.15, 0.2) is 47.4 Å². The standard InChI is InChI=1S/C27H26N2O5/c1-14-13-18-16(6-8-20(30)29-18)23(21(14)25(26(31)32)34-27(2,3)4)17-5-7-19-22-15(10-12-33-19)9-11-28-24(17)22/h5-9,11,13,25H,10,12H2,1-4H3,(H,29,30)(H,31,32). The maximum absolute atomic E-state index is 12.5. The number of nitrogens with one attached hydrogen (secondary N) is 1. The molecule has 34 heavy (non-hydrogen) atoms. The molecule has 2 aromatic heterocycles. The van der Waals surface area contributed by atoms with Crippen LogP contribution >= 0.6 is 0 Å². The predicted molar refractivity (Wildman–Crippen MR) is 130 cm³/mol. The normalized spacial score (nSPS) is 14.2. The Morgan fingerprint density at radius 2 is 2.00 bits per heavy atom. The number of H-pyrrole nitrogens is 1. The van der Waals surface area contributed by atoms with E-state index < -0.39 is 17.7 Å². The zero-order chi connectivity index (χ0) is 24.2. The van der Waals surface area contributed by atoms with E-state index in [9.17, 15) is 14.7 Å². The smallest absolute Gasteiger partial charge is 0.337 e. The van der Waals surface area contributed by atoms with Crippen molar-refractivity contribution < 1.29 is 19.4 Å². The molecule has 0 fully saturated rings. The van der Waals surface area contributed by atoms with Crippen LogP contribution in [-0.2, 0) is 16.0 Å². The van der Waals surface area contributed by atoms with E-state index in [0.29, 0.717) is 28.8 Å². The lowest BCUT2D eigenvalue weighted by molar-refractivity contribution is -0.160. The lowest BCUT2D eigenvalue weighted by Gasteiger charge is -2.29. The summed E-state index contributed by atoms with van der Waals surface area (Å²) in [5.74, 6) is -0.317. The van der Waals surface area contributed by atoms with Crippen LogP contribution in [0.25, 0.3) is 32.9 Å². The summed E-state index contributed by atoms with van der Waals surface area (Å²) in [6.45, 7) is 7.94. The molecule has 2 N–H and O–H groups in total. The van der Waals surface area contributed by atoms with Gasteiger partial charge in [-0.15, -0.1) is 0 Å². The van der Waals surface area contributed by atoms with E-state index in [1.165, 1.54) is 6.07 Å². The van der Waals surface area contributed by atoms with Crippen LogP contribution in [0.4, 0.5) is 0 Å². The van der Waals surface area contributed by atoms with Gasteiger partial charge < -0.3 is 19.6 Å². The molecule has 0 radical (unpaired) electrons. The van der Waals surface area contributed by atoms with Crippen molar-refractivity contribution in [3.8, 4) is 16.9 Å². The summed E-state index contributed by atoms with van der Waals surface area (Å²) in [6.07, 6.45) is 1.33. The number of pyridine rings is 2. The van der Waals surface area contributed by atoms with Crippen molar-refractivity contribution in [3.05, 3.63) is 69.6 Å². The maximum atomic E-state index is 12.5. The number of hydrogen-bond acceptors (Lipinski definition) is 5. The average molecular weight is 459 g/mol. The van der Waals surface area contributed by atoms with Gasteiger partial charge in [-0.25, -0.2) is 4.79 Å². The Labute approximate surface area is 196 Å². The molecule has 1 unspecified atom stereocenters. The summed E-state index contributed by atoms with van der Waals surface area (Å²) in [4.78, 5) is 32.2. The molecule has 0 amide bonds. The largest absolute Gasteiger partial charge is 0.493 e. The SMILES string of the molecule is Cc1cc2[nH]c(=O)ccc2c(-c2ccc3c4c(ccnc24)CCO3)c1C(OC(C)(C)C)C(=O)O. The number of fused-ring (bicyclic) bond motifs is 1. The van der Waals surface area contributed by atoms with Crippen molar-refractivity contribution in [3.63, 3.8) is 0 Å². The third-order valence-electron chi connectivity index (χ3n) is 6.07. The van der Waals surface area contributed by atoms with Crippen LogP contribution in [0, 0.1) is 6.92 Å². The van der Waals surface area contributed by atoms with E-state index in [-0.39, 0.29) is 5.56 Å². The third-order valence-corrected chi connectivity index (χ3v) is 6.07. The first-order valence-electron chi connectivity index (χ1n) is 11.2. The van der Waals surface area contributed by atoms with Crippen molar-refractivity contribution in [1.29, 1.82) is 0 Å². The average Bonchev–Trinajstić information content (AvgIpc) is 2.77. The number of benzene rings is 2. The molecular formula is C27H26N2O5. The van der Waals surface area contributed by atoms with E-state index >= 15 is 0 Å². The molecule has 7 nitrogen and oxygen atoms in total. The highest BCUT2D eigenvalue weighted by atomic mass is 16.5. The van der Waals surface area contributed by atoms with Crippen LogP contribution in [0.5, 0.6) is 5.75 Å². The van der Waals surface area contributed by atoms with Gasteiger partial charge in [0.15, 0.2) is 6.10 Å². The van der Waals surface area contributed by atoms with Crippen molar-refractivity contribution in [2.75, 3.05) is 6.61 Å². The topological polar surface area (TPSA) is 102 Å². The minimum atomic E-state index is -1.21. The monoisotopic (exact) mass is 458 g/mol. The number of rotatable bonds is 4. The van der Waals surface area contributed by atoms with Crippen LogP contribution in [0.2, 0.25) is 0 Å². The first kappa shape index (κ1) is 22.1. The molecule has 0 spiro atoms. The lowest BCUT2D eigenvalue weighted by atomic mass is 9.86. The number of ether oxygens (including phenoxy) is 2. The number of carboxylic acid groups (broad SMARTS) is 1. The summed E-state index contributed by atoms with van der Waals surface area (Å²) in [7, 11) is 0. The minimum absolute atomic E-state index is 0.227. The number of nitrogens with zero attached hydrogens (tertiary/aromatic N) is 1. The Balaban J connectivity index is 1.92. The highest BCUT2D eigenvalue weighted by Gasteiger charge is 2.32. The maximum Gasteiger partial charge on any atom is 0.337 e. The van der Waals surface area contributed by atoms with E-state index in [2.05, 4.69) is 4.98 Å². The first-order valence-corrected chi connectivity index (χ1v) is 11.2. The van der Waals surface area contributed by atoms with Gasteiger partial charge in [-0.05, 0) is 74.7 Å². The summed E-state index contributed by atoms with van der Waals surface area (Å²) in [5.41, 5.74) is 4.28. The Hall–Kier alpha value is -3.71. The van der Waals surface area contributed by atoms with Gasteiger partial charge in [0, 0.05) is 46.1 Å². The van der Waals surface area contributed by atoms with Gasteiger partial charge in [-0.1, -0.05) is 0 Å². The predicted octanol–water partition coefficient (Wildman–Crippen LogP) is 4.93. The van der Waals surface area contributed by atoms with Crippen LogP contribution < -0.4 is 10.3 Å². The number of carboxylic acids is 1. The van der Waals surface area contributed by atoms with Crippen LogP contribution in [-0.4, -0.2) is 33.3 Å². The van der Waals surface area contributed by atoms with E-state index in [1.807, 2.05) is 45.9 Å². The van der Waals surface area contributed by atoms with Gasteiger partial charge in [-0.3, -0.25) is 9.78 Å². The van der Waals surface area contributed by atoms with Gasteiger partial charge in [0.25, 0.3) is 0 Å². The van der Waals surface area contributed by atoms with E-state index in [4.69, 9.17) is 14.5 Å². The van der Waals surface area contributed by atoms with Gasteiger partial charge in [0.2, 0.25) is 5.56 Å². The number of aromatic amines is 1. The highest BCUT2D eigenvalue weighted by Crippen LogP contribution is 2.44. The Bertz CT molecular complexity index is 1500. The Morgan fingerprint density at radius 1 is 1.21 bits per heavy atom. The molecule has 4 aromatic rings. The zero-order valence-corrected chi connectivity index (χ0v) is 19.6. The molecule has 2 aromatic carbocycles. The quantitative estimate of drug-likeness (QED) is 0.450. The number of carbonyl (C=O) groups is 1. The second-order valence-corrected chi connectivity index (χ2v) is 9.62. The first-order chi connectivity index (χ1) is 16.1. The van der Waals surface area contributed by atoms with Gasteiger partial charge >= 0.3 is 5.97 Å². The van der Waals surface area contributed by atoms with Crippen LogP contribution in [0.3, 0.4) is 0 Å². The van der Waals surface area contributed by atoms with Crippen molar-refractivity contribution >= 4 is 27.8 Å². The minimum Gasteiger partial charge on any atom is -0.493 e. The number of aromatic nitrogens is 2. The molecule has 7 heteroatoms. The van der Waals surface area contributed by atoms with Crippen LogP contribution in [0.1, 0.15) is 43.6 Å². The van der Waals surface area contributed by atoms with Crippen molar-refractivity contribution in [2.24, 2.45) is 0 Å². The van der Waals surface area contributed by atoms with E-state index in [1.54, 1.807) is 18.3 Å². The molecule has 1 aliphatic rings. The molecule has 0 saturated carbocycles. The molecular weight excluding hydrogens is 432 g/mol. The second-order valence-electron chi connectivity index (χ2n) is 9.62. The molecule has 0 saturated heterocycles. The van der Waals surface area contributed by atoms with Crippen molar-refractivity contribution in [2.45, 2.75) is 45.8 Å². The molecule has 1 aliphatic heterocycles. The molecule has 174 valence electrons. The molecule has 1 atom stereocenters. The highest BCUT2D eigenvalue weighted by molar-refractivity contribution is 6.08. The summed E-state index contributed by atoms with van der Waals surface area (Å²) in [5, 5.41) is 11.9. The van der Waals surface area contributed by atoms with Gasteiger partial charge in [-0.2, -0.15) is 0 Å². The fourth-order valence-corrected chi connectivity index (χ4v) is 4.78. The second kappa shape index (κ2) is 7.95. The summed E-state index contributed by atoms with van der Waals surface area (Å²) >= 11 is 0. The summed E-state index contributed by atoms with van der Waals surface area (Å²) in [6, 6.07) is 10.8.